The maximum absolute atomic E-state index is 13.7. The van der Waals surface area contributed by atoms with Gasteiger partial charge >= 0.3 is 0 Å². The van der Waals surface area contributed by atoms with Crippen LogP contribution in [0.1, 0.15) is 33.1 Å². The molecule has 0 unspecified atom stereocenters. The van der Waals surface area contributed by atoms with Crippen molar-refractivity contribution in [3.05, 3.63) is 72.3 Å². The highest BCUT2D eigenvalue weighted by Crippen LogP contribution is 2.44. The SMILES string of the molecule is CC(C)=CC(=O)CCCCP(=O)(c1ccccc1)c1ccccc1. The van der Waals surface area contributed by atoms with Crippen LogP contribution >= 0.6 is 7.14 Å². The first-order chi connectivity index (χ1) is 11.5. The van der Waals surface area contributed by atoms with E-state index in [-0.39, 0.29) is 5.78 Å². The minimum absolute atomic E-state index is 0.157. The number of rotatable bonds is 8. The molecule has 2 aromatic rings. The third-order valence-corrected chi connectivity index (χ3v) is 7.15. The lowest BCUT2D eigenvalue weighted by Gasteiger charge is -2.19. The molecular weight excluding hydrogens is 315 g/mol. The topological polar surface area (TPSA) is 34.1 Å². The number of carbonyl (C=O) groups excluding carboxylic acids is 1. The second kappa shape index (κ2) is 8.80. The smallest absolute Gasteiger partial charge is 0.155 e. The van der Waals surface area contributed by atoms with Gasteiger partial charge in [-0.3, -0.25) is 4.79 Å². The minimum atomic E-state index is -2.64. The molecular formula is C21H25O2P. The fourth-order valence-corrected chi connectivity index (χ4v) is 5.56. The van der Waals surface area contributed by atoms with E-state index in [1.54, 1.807) is 6.08 Å². The normalized spacial score (nSPS) is 11.1. The van der Waals surface area contributed by atoms with Gasteiger partial charge in [0.1, 0.15) is 7.14 Å². The van der Waals surface area contributed by atoms with Gasteiger partial charge in [0.2, 0.25) is 0 Å². The average Bonchev–Trinajstić information content (AvgIpc) is 2.59. The summed E-state index contributed by atoms with van der Waals surface area (Å²) in [4.78, 5) is 11.8. The van der Waals surface area contributed by atoms with E-state index < -0.39 is 7.14 Å². The van der Waals surface area contributed by atoms with E-state index in [9.17, 15) is 9.36 Å². The molecule has 2 nitrogen and oxygen atoms in total. The molecule has 0 saturated carbocycles. The van der Waals surface area contributed by atoms with E-state index in [1.165, 1.54) is 0 Å². The standard InChI is InChI=1S/C21H25O2P/c1-18(2)17-19(22)11-9-10-16-24(23,20-12-5-3-6-13-20)21-14-7-4-8-15-21/h3-8,12-15,17H,9-11,16H2,1-2H3. The van der Waals surface area contributed by atoms with Gasteiger partial charge in [-0.2, -0.15) is 0 Å². The van der Waals surface area contributed by atoms with Crippen molar-refractivity contribution in [1.29, 1.82) is 0 Å². The van der Waals surface area contributed by atoms with Crippen molar-refractivity contribution in [3.63, 3.8) is 0 Å². The van der Waals surface area contributed by atoms with Gasteiger partial charge in [0, 0.05) is 23.2 Å². The first kappa shape index (κ1) is 18.4. The summed E-state index contributed by atoms with van der Waals surface area (Å²) in [5.41, 5.74) is 1.03. The van der Waals surface area contributed by atoms with Crippen molar-refractivity contribution >= 4 is 23.5 Å². The van der Waals surface area contributed by atoms with Crippen LogP contribution in [0.3, 0.4) is 0 Å². The molecule has 0 fully saturated rings. The number of hydrogen-bond acceptors (Lipinski definition) is 2. The second-order valence-corrected chi connectivity index (χ2v) is 9.24. The van der Waals surface area contributed by atoms with Crippen molar-refractivity contribution in [2.45, 2.75) is 33.1 Å². The van der Waals surface area contributed by atoms with Gasteiger partial charge in [-0.05, 0) is 32.8 Å². The Morgan fingerprint density at radius 3 is 1.83 bits per heavy atom. The third kappa shape index (κ3) is 5.04. The molecule has 0 aromatic heterocycles. The Kier molecular flexibility index (Phi) is 6.75. The number of ketones is 1. The van der Waals surface area contributed by atoms with E-state index in [1.807, 2.05) is 74.5 Å². The van der Waals surface area contributed by atoms with E-state index in [0.29, 0.717) is 12.6 Å². The lowest BCUT2D eigenvalue weighted by molar-refractivity contribution is -0.114. The van der Waals surface area contributed by atoms with E-state index in [0.717, 1.165) is 29.0 Å². The molecule has 0 amide bonds. The van der Waals surface area contributed by atoms with Crippen molar-refractivity contribution in [3.8, 4) is 0 Å². The Hall–Kier alpha value is -1.92. The van der Waals surface area contributed by atoms with Gasteiger partial charge in [-0.1, -0.05) is 66.2 Å². The molecule has 0 bridgehead atoms. The minimum Gasteiger partial charge on any atom is -0.314 e. The molecule has 3 heteroatoms. The fourth-order valence-electron chi connectivity index (χ4n) is 2.77. The summed E-state index contributed by atoms with van der Waals surface area (Å²) >= 11 is 0. The molecule has 0 N–H and O–H groups in total. The van der Waals surface area contributed by atoms with Crippen molar-refractivity contribution in [2.24, 2.45) is 0 Å². The highest BCUT2D eigenvalue weighted by atomic mass is 31.2. The van der Waals surface area contributed by atoms with Crippen molar-refractivity contribution in [1.82, 2.24) is 0 Å². The maximum atomic E-state index is 13.7. The summed E-state index contributed by atoms with van der Waals surface area (Å²) < 4.78 is 13.7. The number of unbranched alkanes of at least 4 members (excludes halogenated alkanes) is 1. The van der Waals surface area contributed by atoms with Gasteiger partial charge < -0.3 is 4.57 Å². The summed E-state index contributed by atoms with van der Waals surface area (Å²) in [6.45, 7) is 3.85. The molecule has 0 aliphatic rings. The zero-order valence-electron chi connectivity index (χ0n) is 14.4. The summed E-state index contributed by atoms with van der Waals surface area (Å²) in [7, 11) is -2.64. The van der Waals surface area contributed by atoms with Crippen molar-refractivity contribution < 1.29 is 9.36 Å². The van der Waals surface area contributed by atoms with Crippen molar-refractivity contribution in [2.75, 3.05) is 6.16 Å². The van der Waals surface area contributed by atoms with Gasteiger partial charge in [0.05, 0.1) is 0 Å². The van der Waals surface area contributed by atoms with Gasteiger partial charge in [0.15, 0.2) is 5.78 Å². The summed E-state index contributed by atoms with van der Waals surface area (Å²) in [6, 6.07) is 19.4. The quantitative estimate of drug-likeness (QED) is 0.396. The molecule has 0 aliphatic carbocycles. The summed E-state index contributed by atoms with van der Waals surface area (Å²) in [5.74, 6) is 0.157. The van der Waals surface area contributed by atoms with Crippen LogP contribution in [0.5, 0.6) is 0 Å². The predicted molar refractivity (Wildman–Crippen MR) is 103 cm³/mol. The van der Waals surface area contributed by atoms with Crippen LogP contribution in [0.2, 0.25) is 0 Å². The van der Waals surface area contributed by atoms with Gasteiger partial charge in [-0.15, -0.1) is 0 Å². The molecule has 2 aromatic carbocycles. The monoisotopic (exact) mass is 340 g/mol. The summed E-state index contributed by atoms with van der Waals surface area (Å²) in [5, 5.41) is 1.79. The molecule has 24 heavy (non-hydrogen) atoms. The van der Waals surface area contributed by atoms with Crippen LogP contribution in [0.25, 0.3) is 0 Å². The van der Waals surface area contributed by atoms with Gasteiger partial charge in [0.25, 0.3) is 0 Å². The van der Waals surface area contributed by atoms with Crippen LogP contribution in [0, 0.1) is 0 Å². The molecule has 0 aliphatic heterocycles. The maximum Gasteiger partial charge on any atom is 0.155 e. The number of carbonyl (C=O) groups is 1. The summed E-state index contributed by atoms with van der Waals surface area (Å²) in [6.07, 6.45) is 4.36. The number of hydrogen-bond donors (Lipinski definition) is 0. The van der Waals surface area contributed by atoms with Crippen LogP contribution in [-0.2, 0) is 9.36 Å². The van der Waals surface area contributed by atoms with Gasteiger partial charge in [-0.25, -0.2) is 0 Å². The highest BCUT2D eigenvalue weighted by molar-refractivity contribution is 7.78. The molecule has 0 spiro atoms. The molecule has 126 valence electrons. The van der Waals surface area contributed by atoms with E-state index >= 15 is 0 Å². The lowest BCUT2D eigenvalue weighted by atomic mass is 10.1. The first-order valence-corrected chi connectivity index (χ1v) is 10.3. The van der Waals surface area contributed by atoms with Crippen LogP contribution in [-0.4, -0.2) is 11.9 Å². The first-order valence-electron chi connectivity index (χ1n) is 8.40. The largest absolute Gasteiger partial charge is 0.314 e. The average molecular weight is 340 g/mol. The molecule has 0 saturated heterocycles. The Morgan fingerprint density at radius 1 is 0.875 bits per heavy atom. The fraction of sp³-hybridized carbons (Fsp3) is 0.286. The van der Waals surface area contributed by atoms with Crippen LogP contribution in [0.15, 0.2) is 72.3 Å². The zero-order chi connectivity index (χ0) is 17.4. The highest BCUT2D eigenvalue weighted by Gasteiger charge is 2.26. The van der Waals surface area contributed by atoms with Crippen LogP contribution in [0.4, 0.5) is 0 Å². The van der Waals surface area contributed by atoms with E-state index in [4.69, 9.17) is 0 Å². The molecule has 0 atom stereocenters. The zero-order valence-corrected chi connectivity index (χ0v) is 15.3. The molecule has 0 heterocycles. The van der Waals surface area contributed by atoms with E-state index in [2.05, 4.69) is 0 Å². The third-order valence-electron chi connectivity index (χ3n) is 3.94. The predicted octanol–water partition coefficient (Wildman–Crippen LogP) is 4.71. The Labute approximate surface area is 145 Å². The second-order valence-electron chi connectivity index (χ2n) is 6.28. The Bertz CT molecular complexity index is 685. The number of benzene rings is 2. The lowest BCUT2D eigenvalue weighted by Crippen LogP contribution is -2.18. The Morgan fingerprint density at radius 2 is 1.38 bits per heavy atom. The van der Waals surface area contributed by atoms with Crippen LogP contribution < -0.4 is 10.6 Å². The Balaban J connectivity index is 2.10. The number of allylic oxidation sites excluding steroid dienone is 2. The molecule has 2 rings (SSSR count). The molecule has 0 radical (unpaired) electrons.